The second kappa shape index (κ2) is 7.41. The van der Waals surface area contributed by atoms with Crippen molar-refractivity contribution in [2.75, 3.05) is 7.05 Å². The number of amides is 1. The number of aromatic nitrogens is 2. The summed E-state index contributed by atoms with van der Waals surface area (Å²) in [6, 6.07) is 11.7. The summed E-state index contributed by atoms with van der Waals surface area (Å²) < 4.78 is 1.51. The van der Waals surface area contributed by atoms with Gasteiger partial charge < -0.3 is 4.90 Å². The van der Waals surface area contributed by atoms with Crippen molar-refractivity contribution in [1.82, 2.24) is 14.5 Å². The van der Waals surface area contributed by atoms with Gasteiger partial charge in [0.15, 0.2) is 5.16 Å². The molecule has 1 unspecified atom stereocenters. The zero-order valence-corrected chi connectivity index (χ0v) is 15.9. The fraction of sp³-hybridized carbons (Fsp3) is 0.278. The van der Waals surface area contributed by atoms with E-state index in [9.17, 15) is 9.59 Å². The van der Waals surface area contributed by atoms with Gasteiger partial charge in [-0.3, -0.25) is 14.2 Å². The molecule has 1 amide bonds. The van der Waals surface area contributed by atoms with E-state index in [1.54, 1.807) is 25.1 Å². The Bertz CT molecular complexity index is 950. The molecule has 0 saturated heterocycles. The van der Waals surface area contributed by atoms with Gasteiger partial charge in [0, 0.05) is 20.6 Å². The van der Waals surface area contributed by atoms with Crippen LogP contribution in [0.4, 0.5) is 0 Å². The van der Waals surface area contributed by atoms with Gasteiger partial charge in [-0.2, -0.15) is 0 Å². The van der Waals surface area contributed by atoms with E-state index in [4.69, 9.17) is 0 Å². The summed E-state index contributed by atoms with van der Waals surface area (Å²) in [5.74, 6) is 0.00868. The van der Waals surface area contributed by atoms with E-state index in [0.717, 1.165) is 5.56 Å². The second-order valence-electron chi connectivity index (χ2n) is 5.84. The van der Waals surface area contributed by atoms with Gasteiger partial charge in [-0.25, -0.2) is 4.98 Å². The Hall–Kier alpha value is -2.12. The molecule has 0 aliphatic rings. The quantitative estimate of drug-likeness (QED) is 0.509. The summed E-state index contributed by atoms with van der Waals surface area (Å²) in [5.41, 5.74) is 1.01. The van der Waals surface area contributed by atoms with E-state index >= 15 is 0 Å². The standard InChI is InChI=1S/C18H19N3O2S2/c1-12(16(22)20(2)11-13-7-5-4-6-8-13)25-18-19-15-14(9-10-24-15)17(23)21(18)3/h4-10,12H,11H2,1-3H3. The highest BCUT2D eigenvalue weighted by molar-refractivity contribution is 8.00. The van der Waals surface area contributed by atoms with E-state index < -0.39 is 0 Å². The van der Waals surface area contributed by atoms with Crippen LogP contribution in [0.25, 0.3) is 10.2 Å². The maximum absolute atomic E-state index is 12.7. The van der Waals surface area contributed by atoms with E-state index in [1.807, 2.05) is 42.6 Å². The van der Waals surface area contributed by atoms with Gasteiger partial charge in [0.05, 0.1) is 10.6 Å². The number of thioether (sulfide) groups is 1. The van der Waals surface area contributed by atoms with Crippen LogP contribution < -0.4 is 5.56 Å². The molecule has 25 heavy (non-hydrogen) atoms. The van der Waals surface area contributed by atoms with Gasteiger partial charge in [-0.05, 0) is 23.9 Å². The van der Waals surface area contributed by atoms with Crippen molar-refractivity contribution >= 4 is 39.2 Å². The third-order valence-corrected chi connectivity index (χ3v) is 5.87. The predicted molar refractivity (Wildman–Crippen MR) is 103 cm³/mol. The highest BCUT2D eigenvalue weighted by Gasteiger charge is 2.21. The van der Waals surface area contributed by atoms with Crippen LogP contribution >= 0.6 is 23.1 Å². The Labute approximate surface area is 154 Å². The van der Waals surface area contributed by atoms with Gasteiger partial charge in [-0.1, -0.05) is 42.1 Å². The molecule has 2 heterocycles. The van der Waals surface area contributed by atoms with Crippen molar-refractivity contribution in [3.63, 3.8) is 0 Å². The maximum atomic E-state index is 12.7. The van der Waals surface area contributed by atoms with Crippen molar-refractivity contribution < 1.29 is 4.79 Å². The molecule has 3 aromatic rings. The lowest BCUT2D eigenvalue weighted by molar-refractivity contribution is -0.129. The number of carbonyl (C=O) groups is 1. The molecule has 0 N–H and O–H groups in total. The number of nitrogens with zero attached hydrogens (tertiary/aromatic N) is 3. The van der Waals surface area contributed by atoms with E-state index in [2.05, 4.69) is 4.98 Å². The number of hydrogen-bond acceptors (Lipinski definition) is 5. The van der Waals surface area contributed by atoms with Crippen LogP contribution in [0.2, 0.25) is 0 Å². The second-order valence-corrected chi connectivity index (χ2v) is 8.04. The highest BCUT2D eigenvalue weighted by Crippen LogP contribution is 2.25. The molecule has 0 spiro atoms. The number of rotatable bonds is 5. The molecule has 0 bridgehead atoms. The van der Waals surface area contributed by atoms with Crippen molar-refractivity contribution in [3.8, 4) is 0 Å². The summed E-state index contributed by atoms with van der Waals surface area (Å²) in [7, 11) is 3.49. The van der Waals surface area contributed by atoms with Crippen LogP contribution in [0.5, 0.6) is 0 Å². The Morgan fingerprint density at radius 3 is 2.76 bits per heavy atom. The number of benzene rings is 1. The molecule has 0 fully saturated rings. The van der Waals surface area contributed by atoms with Crippen molar-refractivity contribution in [1.29, 1.82) is 0 Å². The SMILES string of the molecule is CC(Sc1nc2sccc2c(=O)n1C)C(=O)N(C)Cc1ccccc1. The lowest BCUT2D eigenvalue weighted by Crippen LogP contribution is -2.33. The summed E-state index contributed by atoms with van der Waals surface area (Å²) in [4.78, 5) is 32.0. The fourth-order valence-corrected chi connectivity index (χ4v) is 4.33. The molecule has 0 aliphatic carbocycles. The predicted octanol–water partition coefficient (Wildman–Crippen LogP) is 3.13. The smallest absolute Gasteiger partial charge is 0.262 e. The first-order valence-corrected chi connectivity index (χ1v) is 9.63. The monoisotopic (exact) mass is 373 g/mol. The number of hydrogen-bond donors (Lipinski definition) is 0. The Morgan fingerprint density at radius 1 is 1.32 bits per heavy atom. The first-order chi connectivity index (χ1) is 12.0. The van der Waals surface area contributed by atoms with Gasteiger partial charge in [0.25, 0.3) is 5.56 Å². The molecule has 7 heteroatoms. The van der Waals surface area contributed by atoms with Gasteiger partial charge in [0.2, 0.25) is 5.91 Å². The Balaban J connectivity index is 1.75. The molecule has 130 valence electrons. The molecular weight excluding hydrogens is 354 g/mol. The van der Waals surface area contributed by atoms with Gasteiger partial charge >= 0.3 is 0 Å². The molecule has 3 rings (SSSR count). The van der Waals surface area contributed by atoms with E-state index in [1.165, 1.54) is 27.7 Å². The molecule has 5 nitrogen and oxygen atoms in total. The Morgan fingerprint density at radius 2 is 2.04 bits per heavy atom. The molecule has 2 aromatic heterocycles. The third-order valence-electron chi connectivity index (χ3n) is 3.93. The summed E-state index contributed by atoms with van der Waals surface area (Å²) in [6.45, 7) is 2.40. The largest absolute Gasteiger partial charge is 0.340 e. The highest BCUT2D eigenvalue weighted by atomic mass is 32.2. The normalized spacial score (nSPS) is 12.3. The fourth-order valence-electron chi connectivity index (χ4n) is 2.54. The number of thiophene rings is 1. The van der Waals surface area contributed by atoms with Crippen molar-refractivity contribution in [2.24, 2.45) is 7.05 Å². The lowest BCUT2D eigenvalue weighted by atomic mass is 10.2. The molecule has 0 aliphatic heterocycles. The maximum Gasteiger partial charge on any atom is 0.262 e. The molecule has 1 atom stereocenters. The number of fused-ring (bicyclic) bond motifs is 1. The molecular formula is C18H19N3O2S2. The van der Waals surface area contributed by atoms with Crippen LogP contribution in [0.1, 0.15) is 12.5 Å². The number of carbonyl (C=O) groups excluding carboxylic acids is 1. The van der Waals surface area contributed by atoms with Crippen LogP contribution in [-0.2, 0) is 18.4 Å². The zero-order chi connectivity index (χ0) is 18.0. The van der Waals surface area contributed by atoms with Crippen LogP contribution in [0, 0.1) is 0 Å². The van der Waals surface area contributed by atoms with Crippen LogP contribution in [0.15, 0.2) is 51.7 Å². The van der Waals surface area contributed by atoms with Crippen LogP contribution in [-0.4, -0.2) is 32.7 Å². The zero-order valence-electron chi connectivity index (χ0n) is 14.3. The van der Waals surface area contributed by atoms with E-state index in [-0.39, 0.29) is 16.7 Å². The minimum atomic E-state index is -0.329. The van der Waals surface area contributed by atoms with Gasteiger partial charge in [0.1, 0.15) is 4.83 Å². The third kappa shape index (κ3) is 3.77. The summed E-state index contributed by atoms with van der Waals surface area (Å²) in [5, 5.41) is 2.71. The van der Waals surface area contributed by atoms with Crippen molar-refractivity contribution in [3.05, 3.63) is 57.7 Å². The summed E-state index contributed by atoms with van der Waals surface area (Å²) >= 11 is 2.75. The first kappa shape index (κ1) is 17.7. The van der Waals surface area contributed by atoms with Crippen LogP contribution in [0.3, 0.4) is 0 Å². The Kier molecular flexibility index (Phi) is 5.24. The van der Waals surface area contributed by atoms with Crippen molar-refractivity contribution in [2.45, 2.75) is 23.9 Å². The minimum absolute atomic E-state index is 0.00868. The lowest BCUT2D eigenvalue weighted by Gasteiger charge is -2.21. The summed E-state index contributed by atoms with van der Waals surface area (Å²) in [6.07, 6.45) is 0. The van der Waals surface area contributed by atoms with Gasteiger partial charge in [-0.15, -0.1) is 11.3 Å². The molecule has 0 radical (unpaired) electrons. The topological polar surface area (TPSA) is 55.2 Å². The average Bonchev–Trinajstić information content (AvgIpc) is 3.08. The van der Waals surface area contributed by atoms with E-state index in [0.29, 0.717) is 21.9 Å². The first-order valence-electron chi connectivity index (χ1n) is 7.87. The molecule has 1 aromatic carbocycles. The minimum Gasteiger partial charge on any atom is -0.340 e. The average molecular weight is 374 g/mol. The molecule has 0 saturated carbocycles.